The Labute approximate surface area is 110 Å². The Morgan fingerprint density at radius 3 is 2.89 bits per heavy atom. The highest BCUT2D eigenvalue weighted by Gasteiger charge is 2.05. The molecule has 0 radical (unpaired) electrons. The molecular weight excluding hydrogens is 247 g/mol. The summed E-state index contributed by atoms with van der Waals surface area (Å²) in [6.45, 7) is 0.907. The SMILES string of the molecule is COc1ccc(F)cc1CNCc1nccc(N)n1. The predicted molar refractivity (Wildman–Crippen MR) is 69.9 cm³/mol. The molecule has 0 fully saturated rings. The summed E-state index contributed by atoms with van der Waals surface area (Å²) in [5.41, 5.74) is 6.30. The van der Waals surface area contributed by atoms with Crippen molar-refractivity contribution in [1.29, 1.82) is 0 Å². The van der Waals surface area contributed by atoms with Gasteiger partial charge in [0.15, 0.2) is 0 Å². The molecule has 2 aromatic rings. The lowest BCUT2D eigenvalue weighted by atomic mass is 10.2. The van der Waals surface area contributed by atoms with Crippen molar-refractivity contribution >= 4 is 5.82 Å². The molecule has 1 heterocycles. The molecule has 0 spiro atoms. The van der Waals surface area contributed by atoms with Crippen LogP contribution in [-0.2, 0) is 13.1 Å². The van der Waals surface area contributed by atoms with Crippen LogP contribution in [0.1, 0.15) is 11.4 Å². The molecule has 0 unspecified atom stereocenters. The van der Waals surface area contributed by atoms with E-state index in [1.54, 1.807) is 25.4 Å². The monoisotopic (exact) mass is 262 g/mol. The number of nitrogens with two attached hydrogens (primary N) is 1. The minimum absolute atomic E-state index is 0.294. The van der Waals surface area contributed by atoms with Crippen molar-refractivity contribution in [3.05, 3.63) is 47.7 Å². The lowest BCUT2D eigenvalue weighted by Gasteiger charge is -2.09. The van der Waals surface area contributed by atoms with Gasteiger partial charge in [-0.1, -0.05) is 0 Å². The van der Waals surface area contributed by atoms with Gasteiger partial charge in [0.2, 0.25) is 0 Å². The predicted octanol–water partition coefficient (Wildman–Crippen LogP) is 1.50. The first-order valence-electron chi connectivity index (χ1n) is 5.79. The van der Waals surface area contributed by atoms with Crippen molar-refractivity contribution in [2.75, 3.05) is 12.8 Å². The molecule has 0 amide bonds. The van der Waals surface area contributed by atoms with Crippen molar-refractivity contribution in [2.45, 2.75) is 13.1 Å². The topological polar surface area (TPSA) is 73.1 Å². The van der Waals surface area contributed by atoms with Gasteiger partial charge < -0.3 is 15.8 Å². The minimum atomic E-state index is -0.294. The molecule has 0 aliphatic rings. The Bertz CT molecular complexity index is 562. The lowest BCUT2D eigenvalue weighted by Crippen LogP contribution is -2.16. The normalized spacial score (nSPS) is 10.4. The Kier molecular flexibility index (Phi) is 4.25. The second-order valence-corrected chi connectivity index (χ2v) is 3.96. The zero-order valence-electron chi connectivity index (χ0n) is 10.6. The molecule has 3 N–H and O–H groups in total. The smallest absolute Gasteiger partial charge is 0.144 e. The van der Waals surface area contributed by atoms with Gasteiger partial charge in [-0.25, -0.2) is 14.4 Å². The van der Waals surface area contributed by atoms with E-state index >= 15 is 0 Å². The van der Waals surface area contributed by atoms with Gasteiger partial charge in [-0.15, -0.1) is 0 Å². The highest BCUT2D eigenvalue weighted by molar-refractivity contribution is 5.33. The fraction of sp³-hybridized carbons (Fsp3) is 0.231. The number of benzene rings is 1. The second-order valence-electron chi connectivity index (χ2n) is 3.96. The van der Waals surface area contributed by atoms with E-state index in [1.165, 1.54) is 12.1 Å². The molecule has 0 aliphatic heterocycles. The summed E-state index contributed by atoms with van der Waals surface area (Å²) in [7, 11) is 1.55. The van der Waals surface area contributed by atoms with Gasteiger partial charge in [0.05, 0.1) is 13.7 Å². The molecule has 0 aliphatic carbocycles. The van der Waals surface area contributed by atoms with Crippen LogP contribution >= 0.6 is 0 Å². The molecular formula is C13H15FN4O. The van der Waals surface area contributed by atoms with Crippen LogP contribution in [0.25, 0.3) is 0 Å². The van der Waals surface area contributed by atoms with Crippen LogP contribution in [0.4, 0.5) is 10.2 Å². The number of hydrogen-bond donors (Lipinski definition) is 2. The minimum Gasteiger partial charge on any atom is -0.496 e. The van der Waals surface area contributed by atoms with Gasteiger partial charge >= 0.3 is 0 Å². The third-order valence-corrected chi connectivity index (χ3v) is 2.57. The molecule has 0 atom stereocenters. The van der Waals surface area contributed by atoms with Crippen molar-refractivity contribution in [3.63, 3.8) is 0 Å². The van der Waals surface area contributed by atoms with Gasteiger partial charge in [-0.2, -0.15) is 0 Å². The number of anilines is 1. The third kappa shape index (κ3) is 3.62. The average molecular weight is 262 g/mol. The summed E-state index contributed by atoms with van der Waals surface area (Å²) < 4.78 is 18.3. The highest BCUT2D eigenvalue weighted by atomic mass is 19.1. The van der Waals surface area contributed by atoms with Crippen molar-refractivity contribution < 1.29 is 9.13 Å². The zero-order chi connectivity index (χ0) is 13.7. The van der Waals surface area contributed by atoms with Crippen LogP contribution in [-0.4, -0.2) is 17.1 Å². The first kappa shape index (κ1) is 13.2. The fourth-order valence-corrected chi connectivity index (χ4v) is 1.69. The first-order valence-corrected chi connectivity index (χ1v) is 5.79. The van der Waals surface area contributed by atoms with Crippen LogP contribution in [0.15, 0.2) is 30.5 Å². The number of methoxy groups -OCH3 is 1. The summed E-state index contributed by atoms with van der Waals surface area (Å²) >= 11 is 0. The molecule has 0 bridgehead atoms. The van der Waals surface area contributed by atoms with Crippen molar-refractivity contribution in [2.24, 2.45) is 0 Å². The zero-order valence-corrected chi connectivity index (χ0v) is 10.6. The molecule has 100 valence electrons. The maximum absolute atomic E-state index is 13.2. The van der Waals surface area contributed by atoms with Gasteiger partial charge in [-0.3, -0.25) is 0 Å². The molecule has 6 heteroatoms. The maximum Gasteiger partial charge on any atom is 0.144 e. The number of ether oxygens (including phenoxy) is 1. The average Bonchev–Trinajstić information content (AvgIpc) is 2.39. The quantitative estimate of drug-likeness (QED) is 0.854. The number of hydrogen-bond acceptors (Lipinski definition) is 5. The van der Waals surface area contributed by atoms with E-state index in [0.717, 1.165) is 5.56 Å². The van der Waals surface area contributed by atoms with E-state index in [-0.39, 0.29) is 5.82 Å². The van der Waals surface area contributed by atoms with Crippen LogP contribution in [0.3, 0.4) is 0 Å². The molecule has 19 heavy (non-hydrogen) atoms. The lowest BCUT2D eigenvalue weighted by molar-refractivity contribution is 0.406. The largest absolute Gasteiger partial charge is 0.496 e. The summed E-state index contributed by atoms with van der Waals surface area (Å²) in [5, 5.41) is 3.12. The number of aromatic nitrogens is 2. The summed E-state index contributed by atoms with van der Waals surface area (Å²) in [6, 6.07) is 6.03. The van der Waals surface area contributed by atoms with Crippen molar-refractivity contribution in [1.82, 2.24) is 15.3 Å². The summed E-state index contributed by atoms with van der Waals surface area (Å²) in [5.74, 6) is 1.37. The molecule has 0 saturated heterocycles. The number of nitrogen functional groups attached to an aromatic ring is 1. The van der Waals surface area contributed by atoms with Crippen LogP contribution in [0.5, 0.6) is 5.75 Å². The van der Waals surface area contributed by atoms with E-state index < -0.39 is 0 Å². The molecule has 0 saturated carbocycles. The Morgan fingerprint density at radius 1 is 1.32 bits per heavy atom. The molecule has 2 rings (SSSR count). The van der Waals surface area contributed by atoms with Crippen LogP contribution in [0.2, 0.25) is 0 Å². The van der Waals surface area contributed by atoms with Crippen LogP contribution in [0, 0.1) is 5.82 Å². The summed E-state index contributed by atoms with van der Waals surface area (Å²) in [6.07, 6.45) is 1.60. The number of rotatable bonds is 5. The Hall–Kier alpha value is -2.21. The highest BCUT2D eigenvalue weighted by Crippen LogP contribution is 2.18. The van der Waals surface area contributed by atoms with Gasteiger partial charge in [0.25, 0.3) is 0 Å². The van der Waals surface area contributed by atoms with E-state index in [9.17, 15) is 4.39 Å². The maximum atomic E-state index is 13.2. The number of halogens is 1. The Balaban J connectivity index is 1.97. The number of nitrogens with one attached hydrogen (secondary N) is 1. The van der Waals surface area contributed by atoms with E-state index in [1.807, 2.05) is 0 Å². The third-order valence-electron chi connectivity index (χ3n) is 2.57. The van der Waals surface area contributed by atoms with Crippen molar-refractivity contribution in [3.8, 4) is 5.75 Å². The van der Waals surface area contributed by atoms with Gasteiger partial charge in [0.1, 0.15) is 23.2 Å². The van der Waals surface area contributed by atoms with Gasteiger partial charge in [0, 0.05) is 18.3 Å². The van der Waals surface area contributed by atoms with E-state index in [0.29, 0.717) is 30.5 Å². The van der Waals surface area contributed by atoms with E-state index in [4.69, 9.17) is 10.5 Å². The first-order chi connectivity index (χ1) is 9.19. The van der Waals surface area contributed by atoms with Crippen LogP contribution < -0.4 is 15.8 Å². The standard InChI is InChI=1S/C13H15FN4O/c1-19-11-3-2-10(14)6-9(11)7-16-8-13-17-5-4-12(15)18-13/h2-6,16H,7-8H2,1H3,(H2,15,17,18). The molecule has 1 aromatic heterocycles. The fourth-order valence-electron chi connectivity index (χ4n) is 1.69. The number of nitrogens with zero attached hydrogens (tertiary/aromatic N) is 2. The second kappa shape index (κ2) is 6.10. The summed E-state index contributed by atoms with van der Waals surface area (Å²) in [4.78, 5) is 8.14. The molecule has 5 nitrogen and oxygen atoms in total. The molecule has 1 aromatic carbocycles. The van der Waals surface area contributed by atoms with E-state index in [2.05, 4.69) is 15.3 Å². The Morgan fingerprint density at radius 2 is 2.16 bits per heavy atom. The van der Waals surface area contributed by atoms with Gasteiger partial charge in [-0.05, 0) is 24.3 Å².